The number of aliphatic imine (C=N–C) groups is 3. The number of amides is 14. The molecule has 14 amide bonds. The van der Waals surface area contributed by atoms with Crippen molar-refractivity contribution in [2.24, 2.45) is 61.2 Å². The Hall–Kier alpha value is -10.3. The van der Waals surface area contributed by atoms with Crippen LogP contribution >= 0.6 is 24.4 Å². The Morgan fingerprint density at radius 1 is 0.509 bits per heavy atom. The minimum absolute atomic E-state index is 0.00485. The van der Waals surface area contributed by atoms with Crippen LogP contribution in [-0.2, 0) is 78.3 Å². The Balaban J connectivity index is 1.25. The lowest BCUT2D eigenvalue weighted by Gasteiger charge is -2.33. The van der Waals surface area contributed by atoms with E-state index in [1.54, 1.807) is 64.3 Å². The fourth-order valence-electron chi connectivity index (χ4n) is 13.6. The van der Waals surface area contributed by atoms with E-state index in [0.717, 1.165) is 0 Å². The molecule has 4 saturated heterocycles. The molecule has 42 heteroatoms. The summed E-state index contributed by atoms with van der Waals surface area (Å²) in [5.41, 5.74) is 33.8. The monoisotopic (exact) mass is 1640 g/mol. The highest BCUT2D eigenvalue weighted by atomic mass is 32.2. The number of carbonyl (C=O) groups excluding carboxylic acids is 14. The van der Waals surface area contributed by atoms with Gasteiger partial charge in [-0.15, -0.1) is 0 Å². The second kappa shape index (κ2) is 47.4. The number of carboxylic acid groups (broad SMARTS) is 1. The van der Waals surface area contributed by atoms with Crippen molar-refractivity contribution in [2.75, 3.05) is 63.6 Å². The van der Waals surface area contributed by atoms with Gasteiger partial charge in [-0.2, -0.15) is 24.4 Å². The first kappa shape index (κ1) is 94.3. The minimum Gasteiger partial charge on any atom is -0.480 e. The lowest BCUT2D eigenvalue weighted by atomic mass is 10.0. The van der Waals surface area contributed by atoms with E-state index in [1.165, 1.54) is 33.4 Å². The van der Waals surface area contributed by atoms with Crippen LogP contribution in [0, 0.1) is 11.8 Å². The third-order valence-corrected chi connectivity index (χ3v) is 20.6. The Morgan fingerprint density at radius 3 is 1.39 bits per heavy atom. The lowest BCUT2D eigenvalue weighted by Crippen LogP contribution is -2.61. The number of aliphatic carboxylic acids is 1. The van der Waals surface area contributed by atoms with Crippen molar-refractivity contribution in [3.8, 4) is 0 Å². The Bertz CT molecular complexity index is 3600. The molecule has 114 heavy (non-hydrogen) atoms. The first-order valence-corrected chi connectivity index (χ1v) is 40.5. The molecule has 634 valence electrons. The van der Waals surface area contributed by atoms with E-state index in [1.807, 2.05) is 0 Å². The van der Waals surface area contributed by atoms with Gasteiger partial charge in [-0.3, -0.25) is 82.1 Å². The SMILES string of the molecule is CSCC[C@@H](NC(=O)[C@@H](CS)NC(=O)[C@@H](CCCN=C(N)N)NC(=O)[C@H](CCCN=C(N)N)NC(=O)C1CCC(=O)N1)C(=O)N1CCC[C@@H]1C(=O)N[C@H](CC(C)C)C(=O)N[C@H](C)C(=O)N[C@H](CO)C(=O)N[C@H](CCCN=C(N)N)C(=O)N[C@@H](C(=O)N1CCC[C@@H]1C(=O)N[C@H](Cc1ccccc1)C(=O)N1CCC[C@@H]1C(=O)O)C(C)C. The average molecular weight is 1640 g/mol. The van der Waals surface area contributed by atoms with E-state index < -0.39 is 180 Å². The molecule has 0 aliphatic carbocycles. The number of guanidine groups is 3. The molecule has 0 bridgehead atoms. The highest BCUT2D eigenvalue weighted by Crippen LogP contribution is 2.25. The van der Waals surface area contributed by atoms with Gasteiger partial charge in [0.05, 0.1) is 6.61 Å². The normalized spacial score (nSPS) is 19.1. The molecular weight excluding hydrogens is 1520 g/mol. The Morgan fingerprint density at radius 2 is 0.930 bits per heavy atom. The summed E-state index contributed by atoms with van der Waals surface area (Å²) in [6.07, 6.45) is 4.07. The molecule has 0 spiro atoms. The second-order valence-electron chi connectivity index (χ2n) is 29.3. The van der Waals surface area contributed by atoms with Crippen LogP contribution in [0.15, 0.2) is 45.3 Å². The number of aliphatic hydroxyl groups is 1. The molecule has 5 rings (SSSR count). The van der Waals surface area contributed by atoms with Crippen molar-refractivity contribution in [3.05, 3.63) is 35.9 Å². The van der Waals surface area contributed by atoms with Crippen molar-refractivity contribution in [1.29, 1.82) is 0 Å². The van der Waals surface area contributed by atoms with Crippen molar-refractivity contribution in [2.45, 2.75) is 228 Å². The molecule has 4 fully saturated rings. The van der Waals surface area contributed by atoms with Crippen LogP contribution in [0.1, 0.15) is 143 Å². The number of likely N-dealkylation sites (tertiary alicyclic amines) is 3. The van der Waals surface area contributed by atoms with Gasteiger partial charge in [0.15, 0.2) is 17.9 Å². The Kier molecular flexibility index (Phi) is 39.2. The summed E-state index contributed by atoms with van der Waals surface area (Å²) in [5.74, 6) is -13.3. The molecule has 40 nitrogen and oxygen atoms in total. The number of benzene rings is 1. The molecule has 0 radical (unpaired) electrons. The standard InChI is InChI=1S/C72H117N23O17S2/c1-38(2)34-47(88-64(106)51-21-13-30-93(51)66(108)46(26-33-114-6)87-63(105)50(37-113)91-58(100)43(19-11-28-80-71(75)76)84-57(99)42(18-10-27-79-70(73)74)85-59(101)45-24-25-54(97)83-45)61(103)82-40(5)56(98)90-49(36-96)62(104)86-44(20-12-29-81-72(77)78)60(102)92-55(39(3)4)68(110)94-31-14-22-52(94)65(107)89-48(35-41-16-8-7-9-17-41)67(109)95-32-15-23-53(95)69(111)112/h7-9,16-17,38-40,42-53,55,96,113H,10-15,18-37H2,1-6H3,(H,82,103)(H,83,97)(H,84,99)(H,85,101)(H,86,104)(H,87,105)(H,88,106)(H,89,107)(H,90,98)(H,91,100)(H,92,102)(H,111,112)(H4,73,74,79)(H4,75,76,80)(H4,77,78,81)/t40-,42+,43-,44-,45?,46-,47-,48-,49-,50-,51-,52-,53-,55-/m1/s1. The summed E-state index contributed by atoms with van der Waals surface area (Å²) >= 11 is 5.71. The van der Waals surface area contributed by atoms with Gasteiger partial charge in [0, 0.05) is 57.9 Å². The van der Waals surface area contributed by atoms with Crippen molar-refractivity contribution in [3.63, 3.8) is 0 Å². The molecule has 14 atom stereocenters. The van der Waals surface area contributed by atoms with Gasteiger partial charge < -0.3 is 118 Å². The maximum atomic E-state index is 14.7. The lowest BCUT2D eigenvalue weighted by molar-refractivity contribution is -0.150. The fraction of sp³-hybridized carbons (Fsp3) is 0.667. The van der Waals surface area contributed by atoms with Crippen LogP contribution in [-0.4, -0.2) is 280 Å². The van der Waals surface area contributed by atoms with Crippen molar-refractivity contribution < 1.29 is 82.1 Å². The zero-order valence-corrected chi connectivity index (χ0v) is 67.2. The first-order valence-electron chi connectivity index (χ1n) is 38.5. The number of rotatable bonds is 46. The predicted octanol–water partition coefficient (Wildman–Crippen LogP) is -6.03. The maximum Gasteiger partial charge on any atom is 0.326 e. The van der Waals surface area contributed by atoms with Crippen LogP contribution in [0.4, 0.5) is 0 Å². The van der Waals surface area contributed by atoms with Gasteiger partial charge in [0.25, 0.3) is 0 Å². The van der Waals surface area contributed by atoms with Crippen LogP contribution in [0.25, 0.3) is 0 Å². The molecule has 0 aromatic heterocycles. The highest BCUT2D eigenvalue weighted by molar-refractivity contribution is 7.98. The number of nitrogens with two attached hydrogens (primary N) is 6. The molecular formula is C72H117N23O17S2. The van der Waals surface area contributed by atoms with Crippen molar-refractivity contribution >= 4 is 131 Å². The number of nitrogens with one attached hydrogen (secondary N) is 11. The smallest absolute Gasteiger partial charge is 0.326 e. The van der Waals surface area contributed by atoms with E-state index in [9.17, 15) is 82.1 Å². The van der Waals surface area contributed by atoms with E-state index in [-0.39, 0.29) is 165 Å². The molecule has 1 aromatic carbocycles. The third-order valence-electron chi connectivity index (χ3n) is 19.6. The number of thioether (sulfide) groups is 1. The van der Waals surface area contributed by atoms with Gasteiger partial charge in [0.1, 0.15) is 84.6 Å². The third kappa shape index (κ3) is 29.9. The predicted molar refractivity (Wildman–Crippen MR) is 426 cm³/mol. The quantitative estimate of drug-likeness (QED) is 0.0125. The molecule has 1 unspecified atom stereocenters. The molecule has 4 aliphatic rings. The number of carboxylic acids is 1. The van der Waals surface area contributed by atoms with Gasteiger partial charge in [-0.25, -0.2) is 4.79 Å². The maximum absolute atomic E-state index is 14.7. The Labute approximate surface area is 672 Å². The number of carbonyl (C=O) groups is 15. The van der Waals surface area contributed by atoms with Crippen LogP contribution < -0.4 is 92.9 Å². The van der Waals surface area contributed by atoms with Gasteiger partial charge in [-0.05, 0) is 133 Å². The minimum atomic E-state index is -1.75. The van der Waals surface area contributed by atoms with Gasteiger partial charge in [0.2, 0.25) is 82.7 Å². The summed E-state index contributed by atoms with van der Waals surface area (Å²) in [6, 6.07) is -9.21. The van der Waals surface area contributed by atoms with Crippen LogP contribution in [0.3, 0.4) is 0 Å². The second-order valence-corrected chi connectivity index (χ2v) is 30.7. The highest BCUT2D eigenvalue weighted by Gasteiger charge is 2.45. The average Bonchev–Trinajstić information content (AvgIpc) is 1.65. The molecule has 0 saturated carbocycles. The number of hydrogen-bond acceptors (Lipinski definition) is 21. The van der Waals surface area contributed by atoms with E-state index >= 15 is 0 Å². The fourth-order valence-corrected chi connectivity index (χ4v) is 14.3. The van der Waals surface area contributed by atoms with Gasteiger partial charge in [-0.1, -0.05) is 58.0 Å². The molecule has 4 heterocycles. The molecule has 1 aromatic rings. The summed E-state index contributed by atoms with van der Waals surface area (Å²) in [5, 5.41) is 49.4. The van der Waals surface area contributed by atoms with Crippen molar-refractivity contribution in [1.82, 2.24) is 73.2 Å². The van der Waals surface area contributed by atoms with Gasteiger partial charge >= 0.3 is 5.97 Å². The first-order chi connectivity index (χ1) is 54.1. The molecule has 4 aliphatic heterocycles. The number of thiol groups is 1. The van der Waals surface area contributed by atoms with Crippen LogP contribution in [0.5, 0.6) is 0 Å². The molecule has 25 N–H and O–H groups in total. The van der Waals surface area contributed by atoms with E-state index in [2.05, 4.69) is 86.1 Å². The summed E-state index contributed by atoms with van der Waals surface area (Å²) in [6.45, 7) is 7.52. The summed E-state index contributed by atoms with van der Waals surface area (Å²) < 4.78 is 0. The van der Waals surface area contributed by atoms with E-state index in [0.29, 0.717) is 30.6 Å². The number of hydrogen-bond donors (Lipinski definition) is 20. The summed E-state index contributed by atoms with van der Waals surface area (Å²) in [4.78, 5) is 224. The number of aliphatic hydroxyl groups excluding tert-OH is 1. The van der Waals surface area contributed by atoms with Crippen LogP contribution in [0.2, 0.25) is 0 Å². The summed E-state index contributed by atoms with van der Waals surface area (Å²) in [7, 11) is 0. The zero-order valence-electron chi connectivity index (χ0n) is 65.5. The topological polar surface area (TPSA) is 632 Å². The largest absolute Gasteiger partial charge is 0.480 e. The zero-order chi connectivity index (χ0) is 84.5. The number of nitrogens with zero attached hydrogens (tertiary/aromatic N) is 6. The van der Waals surface area contributed by atoms with E-state index in [4.69, 9.17) is 34.4 Å².